The van der Waals surface area contributed by atoms with E-state index < -0.39 is 0 Å². The van der Waals surface area contributed by atoms with E-state index in [1.807, 2.05) is 4.90 Å². The van der Waals surface area contributed by atoms with Crippen molar-refractivity contribution in [3.8, 4) is 0 Å². The Morgan fingerprint density at radius 3 is 2.58 bits per heavy atom. The van der Waals surface area contributed by atoms with E-state index in [2.05, 4.69) is 36.1 Å². The Labute approximate surface area is 115 Å². The van der Waals surface area contributed by atoms with Crippen LogP contribution in [0.2, 0.25) is 0 Å². The maximum Gasteiger partial charge on any atom is 0.236 e. The quantitative estimate of drug-likeness (QED) is 0.882. The van der Waals surface area contributed by atoms with Crippen LogP contribution >= 0.6 is 0 Å². The van der Waals surface area contributed by atoms with Crippen LogP contribution < -0.4 is 5.73 Å². The van der Waals surface area contributed by atoms with Gasteiger partial charge in [-0.15, -0.1) is 0 Å². The standard InChI is InChI=1S/C15H23N3O/c1-13-3-5-14(6-4-13)12-17-7-2-8-18(10-9-17)15(19)11-16/h3-6H,2,7-12,16H2,1H3. The first kappa shape index (κ1) is 14.0. The van der Waals surface area contributed by atoms with Crippen molar-refractivity contribution in [2.24, 2.45) is 5.73 Å². The summed E-state index contributed by atoms with van der Waals surface area (Å²) in [4.78, 5) is 15.9. The minimum Gasteiger partial charge on any atom is -0.340 e. The monoisotopic (exact) mass is 261 g/mol. The van der Waals surface area contributed by atoms with Gasteiger partial charge in [0.1, 0.15) is 0 Å². The molecule has 1 aliphatic heterocycles. The maximum absolute atomic E-state index is 11.6. The lowest BCUT2D eigenvalue weighted by atomic mass is 10.1. The summed E-state index contributed by atoms with van der Waals surface area (Å²) in [6.45, 7) is 6.79. The van der Waals surface area contributed by atoms with Crippen molar-refractivity contribution in [2.75, 3.05) is 32.7 Å². The van der Waals surface area contributed by atoms with Gasteiger partial charge < -0.3 is 10.6 Å². The number of rotatable bonds is 3. The minimum atomic E-state index is 0.0668. The van der Waals surface area contributed by atoms with Crippen LogP contribution in [-0.2, 0) is 11.3 Å². The molecule has 0 bridgehead atoms. The fraction of sp³-hybridized carbons (Fsp3) is 0.533. The van der Waals surface area contributed by atoms with Gasteiger partial charge in [-0.25, -0.2) is 0 Å². The molecule has 1 fully saturated rings. The lowest BCUT2D eigenvalue weighted by Gasteiger charge is -2.21. The average molecular weight is 261 g/mol. The number of carbonyl (C=O) groups is 1. The molecule has 1 aliphatic rings. The van der Waals surface area contributed by atoms with Crippen LogP contribution in [0, 0.1) is 6.92 Å². The van der Waals surface area contributed by atoms with Crippen molar-refractivity contribution in [3.05, 3.63) is 35.4 Å². The predicted octanol–water partition coefficient (Wildman–Crippen LogP) is 0.988. The molecule has 0 radical (unpaired) electrons. The number of carbonyl (C=O) groups excluding carboxylic acids is 1. The number of hydrogen-bond acceptors (Lipinski definition) is 3. The van der Waals surface area contributed by atoms with Gasteiger partial charge in [-0.2, -0.15) is 0 Å². The van der Waals surface area contributed by atoms with Gasteiger partial charge in [-0.05, 0) is 18.9 Å². The molecule has 0 atom stereocenters. The van der Waals surface area contributed by atoms with E-state index in [9.17, 15) is 4.79 Å². The Hall–Kier alpha value is -1.39. The molecule has 2 rings (SSSR count). The molecule has 4 heteroatoms. The van der Waals surface area contributed by atoms with Gasteiger partial charge >= 0.3 is 0 Å². The fourth-order valence-corrected chi connectivity index (χ4v) is 2.46. The summed E-state index contributed by atoms with van der Waals surface area (Å²) >= 11 is 0. The largest absolute Gasteiger partial charge is 0.340 e. The minimum absolute atomic E-state index is 0.0668. The van der Waals surface area contributed by atoms with E-state index in [4.69, 9.17) is 5.73 Å². The normalized spacial score (nSPS) is 17.3. The van der Waals surface area contributed by atoms with Gasteiger partial charge in [0.05, 0.1) is 6.54 Å². The van der Waals surface area contributed by atoms with Crippen LogP contribution in [0.5, 0.6) is 0 Å². The van der Waals surface area contributed by atoms with Crippen LogP contribution in [0.1, 0.15) is 17.5 Å². The zero-order chi connectivity index (χ0) is 13.7. The van der Waals surface area contributed by atoms with Crippen molar-refractivity contribution in [2.45, 2.75) is 19.9 Å². The number of hydrogen-bond donors (Lipinski definition) is 1. The molecule has 0 spiro atoms. The molecule has 104 valence electrons. The zero-order valence-corrected chi connectivity index (χ0v) is 11.6. The molecule has 1 aromatic carbocycles. The average Bonchev–Trinajstić information content (AvgIpc) is 2.66. The highest BCUT2D eigenvalue weighted by Gasteiger charge is 2.17. The summed E-state index contributed by atoms with van der Waals surface area (Å²) in [7, 11) is 0. The van der Waals surface area contributed by atoms with Crippen LogP contribution in [0.4, 0.5) is 0 Å². The van der Waals surface area contributed by atoms with Gasteiger partial charge in [-0.3, -0.25) is 9.69 Å². The summed E-state index contributed by atoms with van der Waals surface area (Å²) in [6, 6.07) is 8.67. The molecule has 1 aromatic rings. The maximum atomic E-state index is 11.6. The van der Waals surface area contributed by atoms with Crippen LogP contribution in [0.15, 0.2) is 24.3 Å². The molecular formula is C15H23N3O. The molecule has 2 N–H and O–H groups in total. The van der Waals surface area contributed by atoms with Crippen molar-refractivity contribution in [3.63, 3.8) is 0 Å². The second-order valence-electron chi connectivity index (χ2n) is 5.20. The molecule has 4 nitrogen and oxygen atoms in total. The molecule has 1 heterocycles. The number of aryl methyl sites for hydroxylation is 1. The van der Waals surface area contributed by atoms with Crippen LogP contribution in [-0.4, -0.2) is 48.4 Å². The van der Waals surface area contributed by atoms with Crippen molar-refractivity contribution in [1.29, 1.82) is 0 Å². The predicted molar refractivity (Wildman–Crippen MR) is 76.7 cm³/mol. The summed E-state index contributed by atoms with van der Waals surface area (Å²) < 4.78 is 0. The number of nitrogens with two attached hydrogens (primary N) is 1. The Morgan fingerprint density at radius 2 is 1.89 bits per heavy atom. The first-order chi connectivity index (χ1) is 9.19. The summed E-state index contributed by atoms with van der Waals surface area (Å²) in [6.07, 6.45) is 1.03. The molecule has 1 amide bonds. The lowest BCUT2D eigenvalue weighted by Crippen LogP contribution is -2.38. The van der Waals surface area contributed by atoms with Gasteiger partial charge in [0.15, 0.2) is 0 Å². The Bertz CT molecular complexity index is 416. The highest BCUT2D eigenvalue weighted by molar-refractivity contribution is 5.78. The third-order valence-electron chi connectivity index (χ3n) is 3.64. The third kappa shape index (κ3) is 4.04. The second kappa shape index (κ2) is 6.68. The number of amides is 1. The van der Waals surface area contributed by atoms with E-state index in [0.717, 1.165) is 39.1 Å². The smallest absolute Gasteiger partial charge is 0.236 e. The van der Waals surface area contributed by atoms with Gasteiger partial charge in [-0.1, -0.05) is 29.8 Å². The topological polar surface area (TPSA) is 49.6 Å². The Balaban J connectivity index is 1.89. The second-order valence-corrected chi connectivity index (χ2v) is 5.20. The number of benzene rings is 1. The first-order valence-electron chi connectivity index (χ1n) is 6.95. The van der Waals surface area contributed by atoms with Crippen molar-refractivity contribution < 1.29 is 4.79 Å². The van der Waals surface area contributed by atoms with Gasteiger partial charge in [0.2, 0.25) is 5.91 Å². The van der Waals surface area contributed by atoms with Crippen molar-refractivity contribution >= 4 is 5.91 Å². The van der Waals surface area contributed by atoms with Crippen LogP contribution in [0.3, 0.4) is 0 Å². The summed E-state index contributed by atoms with van der Waals surface area (Å²) in [5.41, 5.74) is 8.05. The molecule has 0 aromatic heterocycles. The zero-order valence-electron chi connectivity index (χ0n) is 11.6. The first-order valence-corrected chi connectivity index (χ1v) is 6.95. The molecule has 0 unspecified atom stereocenters. The number of nitrogens with zero attached hydrogens (tertiary/aromatic N) is 2. The molecule has 0 aliphatic carbocycles. The SMILES string of the molecule is Cc1ccc(CN2CCCN(C(=O)CN)CC2)cc1. The van der Waals surface area contributed by atoms with Crippen molar-refractivity contribution in [1.82, 2.24) is 9.80 Å². The van der Waals surface area contributed by atoms with E-state index in [0.29, 0.717) is 0 Å². The highest BCUT2D eigenvalue weighted by atomic mass is 16.2. The lowest BCUT2D eigenvalue weighted by molar-refractivity contribution is -0.129. The van der Waals surface area contributed by atoms with Gasteiger partial charge in [0.25, 0.3) is 0 Å². The van der Waals surface area contributed by atoms with Crippen LogP contribution in [0.25, 0.3) is 0 Å². The van der Waals surface area contributed by atoms with E-state index in [1.165, 1.54) is 11.1 Å². The fourth-order valence-electron chi connectivity index (χ4n) is 2.46. The van der Waals surface area contributed by atoms with E-state index in [1.54, 1.807) is 0 Å². The molecule has 0 saturated carbocycles. The Kier molecular flexibility index (Phi) is 4.93. The highest BCUT2D eigenvalue weighted by Crippen LogP contribution is 2.10. The summed E-state index contributed by atoms with van der Waals surface area (Å²) in [5.74, 6) is 0.0668. The Morgan fingerprint density at radius 1 is 1.16 bits per heavy atom. The molecule has 1 saturated heterocycles. The van der Waals surface area contributed by atoms with E-state index >= 15 is 0 Å². The van der Waals surface area contributed by atoms with Gasteiger partial charge in [0, 0.05) is 32.7 Å². The molecular weight excluding hydrogens is 238 g/mol. The third-order valence-corrected chi connectivity index (χ3v) is 3.64. The molecule has 19 heavy (non-hydrogen) atoms. The summed E-state index contributed by atoms with van der Waals surface area (Å²) in [5, 5.41) is 0. The van der Waals surface area contributed by atoms with E-state index in [-0.39, 0.29) is 12.5 Å².